The number of alkyl halides is 1. The van der Waals surface area contributed by atoms with Crippen LogP contribution in [0, 0.1) is 12.8 Å². The lowest BCUT2D eigenvalue weighted by Gasteiger charge is -2.39. The molecule has 0 bridgehead atoms. The van der Waals surface area contributed by atoms with Gasteiger partial charge in [0.1, 0.15) is 6.17 Å². The number of halogens is 1. The van der Waals surface area contributed by atoms with E-state index in [9.17, 15) is 17.6 Å². The average Bonchev–Trinajstić information content (AvgIpc) is 2.52. The van der Waals surface area contributed by atoms with Crippen molar-refractivity contribution in [2.24, 2.45) is 5.92 Å². The summed E-state index contributed by atoms with van der Waals surface area (Å²) in [5.74, 6) is -0.487. The molecule has 7 heteroatoms. The average molecular weight is 340 g/mol. The third-order valence-electron chi connectivity index (χ3n) is 4.54. The van der Waals surface area contributed by atoms with Crippen molar-refractivity contribution >= 4 is 15.9 Å². The Bertz CT molecular complexity index is 684. The number of piperidine rings is 1. The first kappa shape index (κ1) is 16.4. The van der Waals surface area contributed by atoms with Crippen molar-refractivity contribution in [2.45, 2.75) is 30.8 Å². The van der Waals surface area contributed by atoms with Crippen LogP contribution in [0.15, 0.2) is 29.2 Å². The number of carbonyl (C=O) groups is 1. The predicted octanol–water partition coefficient (Wildman–Crippen LogP) is 1.58. The summed E-state index contributed by atoms with van der Waals surface area (Å²) in [5.41, 5.74) is 0.995. The maximum Gasteiger partial charge on any atom is 0.243 e. The third kappa shape index (κ3) is 3.26. The maximum absolute atomic E-state index is 12.9. The molecule has 2 saturated heterocycles. The lowest BCUT2D eigenvalue weighted by atomic mass is 9.96. The second-order valence-electron chi connectivity index (χ2n) is 6.36. The summed E-state index contributed by atoms with van der Waals surface area (Å²) in [4.78, 5) is 14.1. The number of benzene rings is 1. The summed E-state index contributed by atoms with van der Waals surface area (Å²) in [7, 11) is -3.58. The summed E-state index contributed by atoms with van der Waals surface area (Å²) < 4.78 is 39.7. The van der Waals surface area contributed by atoms with Crippen LogP contribution in [-0.2, 0) is 14.8 Å². The fraction of sp³-hybridized carbons (Fsp3) is 0.562. The van der Waals surface area contributed by atoms with Crippen molar-refractivity contribution in [2.75, 3.05) is 26.2 Å². The molecule has 2 aliphatic rings. The highest BCUT2D eigenvalue weighted by atomic mass is 32.2. The number of carbonyl (C=O) groups excluding carboxylic acids is 1. The summed E-state index contributed by atoms with van der Waals surface area (Å²) in [6.45, 7) is 2.78. The van der Waals surface area contributed by atoms with Gasteiger partial charge in [-0.1, -0.05) is 17.7 Å². The number of hydrogen-bond acceptors (Lipinski definition) is 3. The summed E-state index contributed by atoms with van der Waals surface area (Å²) in [6, 6.07) is 6.72. The Morgan fingerprint density at radius 3 is 2.43 bits per heavy atom. The van der Waals surface area contributed by atoms with E-state index in [0.29, 0.717) is 19.4 Å². The highest BCUT2D eigenvalue weighted by Gasteiger charge is 2.38. The van der Waals surface area contributed by atoms with E-state index in [1.165, 1.54) is 9.21 Å². The summed E-state index contributed by atoms with van der Waals surface area (Å²) in [5, 5.41) is 0. The third-order valence-corrected chi connectivity index (χ3v) is 6.42. The fourth-order valence-electron chi connectivity index (χ4n) is 3.08. The smallest absolute Gasteiger partial charge is 0.243 e. The molecule has 2 aliphatic heterocycles. The molecule has 1 aromatic rings. The minimum atomic E-state index is -3.58. The highest BCUT2D eigenvalue weighted by molar-refractivity contribution is 7.89. The molecule has 2 fully saturated rings. The van der Waals surface area contributed by atoms with Crippen LogP contribution < -0.4 is 0 Å². The molecule has 0 N–H and O–H groups in total. The van der Waals surface area contributed by atoms with Gasteiger partial charge in [-0.15, -0.1) is 0 Å². The van der Waals surface area contributed by atoms with E-state index in [-0.39, 0.29) is 36.4 Å². The van der Waals surface area contributed by atoms with Gasteiger partial charge in [0.15, 0.2) is 0 Å². The largest absolute Gasteiger partial charge is 0.336 e. The lowest BCUT2D eigenvalue weighted by molar-refractivity contribution is -0.143. The topological polar surface area (TPSA) is 57.7 Å². The molecule has 2 heterocycles. The standard InChI is InChI=1S/C16H21FN2O3S/c1-12-4-6-15(7-5-12)23(21,22)19-8-2-3-13(9-19)16(20)18-10-14(17)11-18/h4-7,13-14H,2-3,8-11H2,1H3/t13-/m1/s1. The Balaban J connectivity index is 1.72. The summed E-state index contributed by atoms with van der Waals surface area (Å²) >= 11 is 0. The quantitative estimate of drug-likeness (QED) is 0.839. The molecule has 0 saturated carbocycles. The van der Waals surface area contributed by atoms with Gasteiger partial charge in [0.05, 0.1) is 23.9 Å². The Hall–Kier alpha value is -1.47. The zero-order valence-electron chi connectivity index (χ0n) is 13.1. The van der Waals surface area contributed by atoms with Gasteiger partial charge in [-0.3, -0.25) is 4.79 Å². The second kappa shape index (κ2) is 6.20. The number of hydrogen-bond donors (Lipinski definition) is 0. The van der Waals surface area contributed by atoms with E-state index in [4.69, 9.17) is 0 Å². The van der Waals surface area contributed by atoms with Crippen LogP contribution in [0.2, 0.25) is 0 Å². The van der Waals surface area contributed by atoms with Crippen molar-refractivity contribution in [1.29, 1.82) is 0 Å². The molecule has 1 amide bonds. The maximum atomic E-state index is 12.9. The van der Waals surface area contributed by atoms with Crippen molar-refractivity contribution in [3.63, 3.8) is 0 Å². The number of likely N-dealkylation sites (tertiary alicyclic amines) is 1. The van der Waals surface area contributed by atoms with E-state index in [2.05, 4.69) is 0 Å². The zero-order valence-corrected chi connectivity index (χ0v) is 13.9. The fourth-order valence-corrected chi connectivity index (χ4v) is 4.61. The first-order valence-corrected chi connectivity index (χ1v) is 9.31. The molecule has 1 atom stereocenters. The summed E-state index contributed by atoms with van der Waals surface area (Å²) in [6.07, 6.45) is 0.371. The SMILES string of the molecule is Cc1ccc(S(=O)(=O)N2CCC[C@@H](C(=O)N3CC(F)C3)C2)cc1. The van der Waals surface area contributed by atoms with Gasteiger partial charge in [-0.25, -0.2) is 12.8 Å². The number of sulfonamides is 1. The van der Waals surface area contributed by atoms with Gasteiger partial charge < -0.3 is 4.90 Å². The van der Waals surface area contributed by atoms with E-state index in [1.807, 2.05) is 6.92 Å². The molecule has 0 aromatic heterocycles. The minimum Gasteiger partial charge on any atom is -0.336 e. The highest BCUT2D eigenvalue weighted by Crippen LogP contribution is 2.26. The molecule has 0 radical (unpaired) electrons. The van der Waals surface area contributed by atoms with Gasteiger partial charge in [0.2, 0.25) is 15.9 Å². The number of nitrogens with zero attached hydrogens (tertiary/aromatic N) is 2. The van der Waals surface area contributed by atoms with Gasteiger partial charge in [-0.2, -0.15) is 4.31 Å². The lowest BCUT2D eigenvalue weighted by Crippen LogP contribution is -2.55. The van der Waals surface area contributed by atoms with E-state index in [0.717, 1.165) is 5.56 Å². The van der Waals surface area contributed by atoms with Crippen molar-refractivity contribution in [3.8, 4) is 0 Å². The number of aryl methyl sites for hydroxylation is 1. The Labute approximate surface area is 136 Å². The normalized spacial score (nSPS) is 23.6. The number of amides is 1. The van der Waals surface area contributed by atoms with E-state index >= 15 is 0 Å². The molecule has 23 heavy (non-hydrogen) atoms. The van der Waals surface area contributed by atoms with Crippen LogP contribution in [0.5, 0.6) is 0 Å². The first-order valence-electron chi connectivity index (χ1n) is 7.87. The monoisotopic (exact) mass is 340 g/mol. The first-order chi connectivity index (χ1) is 10.9. The van der Waals surface area contributed by atoms with Crippen molar-refractivity contribution < 1.29 is 17.6 Å². The second-order valence-corrected chi connectivity index (χ2v) is 8.29. The number of rotatable bonds is 3. The van der Waals surface area contributed by atoms with E-state index in [1.54, 1.807) is 24.3 Å². The molecule has 3 rings (SSSR count). The molecular formula is C16H21FN2O3S. The molecule has 5 nitrogen and oxygen atoms in total. The minimum absolute atomic E-state index is 0.122. The van der Waals surface area contributed by atoms with Gasteiger partial charge in [-0.05, 0) is 31.9 Å². The van der Waals surface area contributed by atoms with Crippen LogP contribution in [0.3, 0.4) is 0 Å². The Kier molecular flexibility index (Phi) is 4.42. The van der Waals surface area contributed by atoms with Crippen molar-refractivity contribution in [1.82, 2.24) is 9.21 Å². The van der Waals surface area contributed by atoms with Crippen LogP contribution in [0.25, 0.3) is 0 Å². The van der Waals surface area contributed by atoms with Gasteiger partial charge in [0.25, 0.3) is 0 Å². The van der Waals surface area contributed by atoms with E-state index < -0.39 is 16.2 Å². The Morgan fingerprint density at radius 1 is 1.17 bits per heavy atom. The molecule has 0 aliphatic carbocycles. The van der Waals surface area contributed by atoms with Crippen LogP contribution in [0.1, 0.15) is 18.4 Å². The van der Waals surface area contributed by atoms with Crippen LogP contribution in [-0.4, -0.2) is 55.9 Å². The molecular weight excluding hydrogens is 319 g/mol. The molecule has 126 valence electrons. The van der Waals surface area contributed by atoms with Gasteiger partial charge >= 0.3 is 0 Å². The Morgan fingerprint density at radius 2 is 1.83 bits per heavy atom. The van der Waals surface area contributed by atoms with Crippen molar-refractivity contribution in [3.05, 3.63) is 29.8 Å². The predicted molar refractivity (Wildman–Crippen MR) is 84.1 cm³/mol. The molecule has 0 spiro atoms. The molecule has 0 unspecified atom stereocenters. The molecule has 1 aromatic carbocycles. The van der Waals surface area contributed by atoms with Crippen LogP contribution in [0.4, 0.5) is 4.39 Å². The van der Waals surface area contributed by atoms with Gasteiger partial charge in [0, 0.05) is 13.1 Å². The van der Waals surface area contributed by atoms with Crippen LogP contribution >= 0.6 is 0 Å². The zero-order chi connectivity index (χ0) is 16.6.